The monoisotopic (exact) mass is 518 g/mol. The van der Waals surface area contributed by atoms with Crippen LogP contribution in [0.4, 0.5) is 21.5 Å². The standard InChI is InChI=1S/C29H31FN4O2S/c1-4-7-8-17-36-29(35)24-18-26-27(19-25(24)30)37-28(31-26)20-9-11-21(12-10-20)32-33-22-13-15-23(16-14-22)34(5-2)6-3/h9-16,18-19H,4-8,17H2,1-3H3. The molecule has 0 aliphatic heterocycles. The Kier molecular flexibility index (Phi) is 8.95. The average Bonchev–Trinajstić information content (AvgIpc) is 3.34. The second-order valence-corrected chi connectivity index (χ2v) is 9.63. The molecule has 0 saturated carbocycles. The van der Waals surface area contributed by atoms with E-state index in [2.05, 4.69) is 53.0 Å². The van der Waals surface area contributed by atoms with Gasteiger partial charge in [-0.05, 0) is 80.9 Å². The second-order valence-electron chi connectivity index (χ2n) is 8.60. The van der Waals surface area contributed by atoms with Crippen molar-refractivity contribution in [3.63, 3.8) is 0 Å². The van der Waals surface area contributed by atoms with Crippen molar-refractivity contribution < 1.29 is 13.9 Å². The lowest BCUT2D eigenvalue weighted by Crippen LogP contribution is -2.21. The van der Waals surface area contributed by atoms with E-state index in [0.29, 0.717) is 10.2 Å². The molecule has 0 radical (unpaired) electrons. The molecule has 0 aliphatic carbocycles. The number of carbonyl (C=O) groups excluding carboxylic acids is 1. The first-order chi connectivity index (χ1) is 18.0. The minimum atomic E-state index is -0.650. The number of unbranched alkanes of at least 4 members (excludes halogenated alkanes) is 2. The van der Waals surface area contributed by atoms with Crippen molar-refractivity contribution in [3.05, 3.63) is 72.0 Å². The number of nitrogens with zero attached hydrogens (tertiary/aromatic N) is 4. The van der Waals surface area contributed by atoms with E-state index in [-0.39, 0.29) is 12.2 Å². The number of thiazole rings is 1. The molecule has 1 heterocycles. The van der Waals surface area contributed by atoms with Gasteiger partial charge in [0.1, 0.15) is 10.8 Å². The number of esters is 1. The molecule has 0 unspecified atom stereocenters. The number of ether oxygens (including phenoxy) is 1. The third kappa shape index (κ3) is 6.57. The van der Waals surface area contributed by atoms with Crippen molar-refractivity contribution in [2.75, 3.05) is 24.6 Å². The third-order valence-electron chi connectivity index (χ3n) is 6.05. The SMILES string of the molecule is CCCCCOC(=O)c1cc2nc(-c3ccc(N=Nc4ccc(N(CC)CC)cc4)cc3)sc2cc1F. The molecule has 6 nitrogen and oxygen atoms in total. The number of aromatic nitrogens is 1. The van der Waals surface area contributed by atoms with Crippen LogP contribution in [-0.4, -0.2) is 30.6 Å². The highest BCUT2D eigenvalue weighted by Crippen LogP contribution is 2.33. The van der Waals surface area contributed by atoms with Gasteiger partial charge in [-0.25, -0.2) is 14.2 Å². The van der Waals surface area contributed by atoms with E-state index >= 15 is 0 Å². The Morgan fingerprint density at radius 3 is 2.22 bits per heavy atom. The molecule has 0 spiro atoms. The van der Waals surface area contributed by atoms with Gasteiger partial charge in [0.2, 0.25) is 0 Å². The second kappa shape index (κ2) is 12.5. The Morgan fingerprint density at radius 1 is 0.946 bits per heavy atom. The number of carbonyl (C=O) groups is 1. The highest BCUT2D eigenvalue weighted by molar-refractivity contribution is 7.21. The van der Waals surface area contributed by atoms with Crippen LogP contribution in [0.2, 0.25) is 0 Å². The number of hydrogen-bond donors (Lipinski definition) is 0. The summed E-state index contributed by atoms with van der Waals surface area (Å²) >= 11 is 1.37. The van der Waals surface area contributed by atoms with E-state index in [9.17, 15) is 9.18 Å². The molecular formula is C29H31FN4O2S. The van der Waals surface area contributed by atoms with E-state index in [0.717, 1.165) is 54.3 Å². The smallest absolute Gasteiger partial charge is 0.341 e. The Morgan fingerprint density at radius 2 is 1.59 bits per heavy atom. The predicted octanol–water partition coefficient (Wildman–Crippen LogP) is 8.71. The van der Waals surface area contributed by atoms with Crippen molar-refractivity contribution >= 4 is 44.6 Å². The average molecular weight is 519 g/mol. The van der Waals surface area contributed by atoms with E-state index in [1.54, 1.807) is 0 Å². The minimum Gasteiger partial charge on any atom is -0.462 e. The molecule has 0 bridgehead atoms. The summed E-state index contributed by atoms with van der Waals surface area (Å²) < 4.78 is 20.5. The molecule has 0 N–H and O–H groups in total. The van der Waals surface area contributed by atoms with Crippen LogP contribution in [0.5, 0.6) is 0 Å². The highest BCUT2D eigenvalue weighted by atomic mass is 32.1. The topological polar surface area (TPSA) is 67.1 Å². The van der Waals surface area contributed by atoms with Crippen LogP contribution in [0.25, 0.3) is 20.8 Å². The van der Waals surface area contributed by atoms with Gasteiger partial charge < -0.3 is 9.64 Å². The summed E-state index contributed by atoms with van der Waals surface area (Å²) in [5.41, 5.74) is 4.04. The summed E-state index contributed by atoms with van der Waals surface area (Å²) in [4.78, 5) is 19.2. The number of hydrogen-bond acceptors (Lipinski definition) is 7. The zero-order valence-corrected chi connectivity index (χ0v) is 22.2. The van der Waals surface area contributed by atoms with Gasteiger partial charge in [-0.3, -0.25) is 0 Å². The van der Waals surface area contributed by atoms with Crippen LogP contribution in [0.1, 0.15) is 50.4 Å². The summed E-state index contributed by atoms with van der Waals surface area (Å²) in [5, 5.41) is 9.42. The molecule has 4 aromatic rings. The zero-order valence-electron chi connectivity index (χ0n) is 21.4. The van der Waals surface area contributed by atoms with Crippen LogP contribution in [0, 0.1) is 5.82 Å². The quantitative estimate of drug-likeness (QED) is 0.113. The van der Waals surface area contributed by atoms with Crippen molar-refractivity contribution in [3.8, 4) is 10.6 Å². The van der Waals surface area contributed by atoms with Gasteiger partial charge in [-0.15, -0.1) is 11.3 Å². The Labute approximate surface area is 220 Å². The van der Waals surface area contributed by atoms with E-state index in [4.69, 9.17) is 4.74 Å². The first kappa shape index (κ1) is 26.4. The normalized spacial score (nSPS) is 11.4. The molecule has 0 atom stereocenters. The Balaban J connectivity index is 1.45. The van der Waals surface area contributed by atoms with Crippen molar-refractivity contribution in [2.24, 2.45) is 10.2 Å². The maximum Gasteiger partial charge on any atom is 0.341 e. The minimum absolute atomic E-state index is 0.0817. The third-order valence-corrected chi connectivity index (χ3v) is 7.12. The van der Waals surface area contributed by atoms with Gasteiger partial charge in [-0.1, -0.05) is 19.8 Å². The summed E-state index contributed by atoms with van der Waals surface area (Å²) in [7, 11) is 0. The van der Waals surface area contributed by atoms with Gasteiger partial charge in [0, 0.05) is 24.3 Å². The summed E-state index contributed by atoms with van der Waals surface area (Å²) in [6.45, 7) is 8.55. The summed E-state index contributed by atoms with van der Waals surface area (Å²) in [5.74, 6) is -1.24. The van der Waals surface area contributed by atoms with Gasteiger partial charge in [-0.2, -0.15) is 10.2 Å². The largest absolute Gasteiger partial charge is 0.462 e. The number of halogens is 1. The fourth-order valence-corrected chi connectivity index (χ4v) is 4.91. The number of benzene rings is 3. The predicted molar refractivity (Wildman–Crippen MR) is 149 cm³/mol. The Hall–Kier alpha value is -3.65. The first-order valence-corrected chi connectivity index (χ1v) is 13.5. The fourth-order valence-electron chi connectivity index (χ4n) is 3.93. The molecule has 37 heavy (non-hydrogen) atoms. The van der Waals surface area contributed by atoms with Crippen molar-refractivity contribution in [1.82, 2.24) is 4.98 Å². The number of anilines is 1. The van der Waals surface area contributed by atoms with Gasteiger partial charge >= 0.3 is 5.97 Å². The van der Waals surface area contributed by atoms with Crippen molar-refractivity contribution in [1.29, 1.82) is 0 Å². The number of azo groups is 1. The van der Waals surface area contributed by atoms with Gasteiger partial charge in [0.05, 0.1) is 33.8 Å². The molecule has 4 rings (SSSR count). The van der Waals surface area contributed by atoms with Crippen LogP contribution in [0.3, 0.4) is 0 Å². The molecule has 0 amide bonds. The molecule has 0 aliphatic rings. The first-order valence-electron chi connectivity index (χ1n) is 12.7. The molecule has 192 valence electrons. The molecular weight excluding hydrogens is 487 g/mol. The van der Waals surface area contributed by atoms with E-state index in [1.807, 2.05) is 36.4 Å². The van der Waals surface area contributed by atoms with Crippen LogP contribution in [0.15, 0.2) is 70.9 Å². The maximum atomic E-state index is 14.6. The Bertz CT molecular complexity index is 1360. The number of fused-ring (bicyclic) bond motifs is 1. The molecule has 0 fully saturated rings. The lowest BCUT2D eigenvalue weighted by molar-refractivity contribution is 0.0493. The van der Waals surface area contributed by atoms with Gasteiger partial charge in [0.15, 0.2) is 0 Å². The maximum absolute atomic E-state index is 14.6. The lowest BCUT2D eigenvalue weighted by Gasteiger charge is -2.20. The lowest BCUT2D eigenvalue weighted by atomic mass is 10.2. The summed E-state index contributed by atoms with van der Waals surface area (Å²) in [6, 6.07) is 18.4. The van der Waals surface area contributed by atoms with E-state index in [1.165, 1.54) is 29.2 Å². The molecule has 0 saturated heterocycles. The van der Waals surface area contributed by atoms with E-state index < -0.39 is 11.8 Å². The molecule has 3 aromatic carbocycles. The fraction of sp³-hybridized carbons (Fsp3) is 0.310. The molecule has 8 heteroatoms. The highest BCUT2D eigenvalue weighted by Gasteiger charge is 2.17. The zero-order chi connectivity index (χ0) is 26.2. The molecule has 1 aromatic heterocycles. The number of rotatable bonds is 11. The van der Waals surface area contributed by atoms with Crippen LogP contribution < -0.4 is 4.90 Å². The van der Waals surface area contributed by atoms with Crippen LogP contribution in [-0.2, 0) is 4.74 Å². The van der Waals surface area contributed by atoms with Gasteiger partial charge in [0.25, 0.3) is 0 Å². The van der Waals surface area contributed by atoms with Crippen LogP contribution >= 0.6 is 11.3 Å². The summed E-state index contributed by atoms with van der Waals surface area (Å²) in [6.07, 6.45) is 2.76. The van der Waals surface area contributed by atoms with Crippen molar-refractivity contribution in [2.45, 2.75) is 40.0 Å².